The van der Waals surface area contributed by atoms with Crippen LogP contribution in [0.1, 0.15) is 28.8 Å². The first-order chi connectivity index (χ1) is 12.0. The van der Waals surface area contributed by atoms with Gasteiger partial charge in [-0.3, -0.25) is 9.52 Å². The molecular formula is C18H17N3O3S. The van der Waals surface area contributed by atoms with E-state index in [1.54, 1.807) is 29.2 Å². The van der Waals surface area contributed by atoms with Crippen molar-refractivity contribution in [1.29, 1.82) is 5.26 Å². The number of para-hydroxylation sites is 1. The first-order valence-corrected chi connectivity index (χ1v) is 9.41. The lowest BCUT2D eigenvalue weighted by atomic mass is 10.2. The number of amides is 1. The van der Waals surface area contributed by atoms with E-state index in [0.717, 1.165) is 12.8 Å². The fourth-order valence-corrected chi connectivity index (χ4v) is 3.90. The van der Waals surface area contributed by atoms with Gasteiger partial charge in [-0.1, -0.05) is 18.2 Å². The van der Waals surface area contributed by atoms with Crippen LogP contribution in [-0.4, -0.2) is 32.3 Å². The molecule has 1 fully saturated rings. The highest BCUT2D eigenvalue weighted by atomic mass is 32.2. The Bertz CT molecular complexity index is 942. The van der Waals surface area contributed by atoms with Gasteiger partial charge in [-0.2, -0.15) is 5.26 Å². The molecular weight excluding hydrogens is 338 g/mol. The summed E-state index contributed by atoms with van der Waals surface area (Å²) in [6.07, 6.45) is 1.94. The predicted molar refractivity (Wildman–Crippen MR) is 93.5 cm³/mol. The molecule has 0 aliphatic carbocycles. The van der Waals surface area contributed by atoms with Crippen molar-refractivity contribution in [2.24, 2.45) is 0 Å². The van der Waals surface area contributed by atoms with Crippen molar-refractivity contribution < 1.29 is 13.2 Å². The van der Waals surface area contributed by atoms with Crippen molar-refractivity contribution >= 4 is 21.6 Å². The number of rotatable bonds is 4. The maximum Gasteiger partial charge on any atom is 0.261 e. The Hall–Kier alpha value is -2.85. The third kappa shape index (κ3) is 3.64. The summed E-state index contributed by atoms with van der Waals surface area (Å²) in [5, 5.41) is 9.09. The Balaban J connectivity index is 1.89. The van der Waals surface area contributed by atoms with Crippen molar-refractivity contribution in [3.63, 3.8) is 0 Å². The van der Waals surface area contributed by atoms with Gasteiger partial charge >= 0.3 is 0 Å². The Labute approximate surface area is 146 Å². The van der Waals surface area contributed by atoms with E-state index in [1.807, 2.05) is 6.07 Å². The smallest absolute Gasteiger partial charge is 0.261 e. The summed E-state index contributed by atoms with van der Waals surface area (Å²) in [5.41, 5.74) is 0.787. The van der Waals surface area contributed by atoms with Crippen molar-refractivity contribution in [3.05, 3.63) is 59.7 Å². The van der Waals surface area contributed by atoms with Gasteiger partial charge in [0.05, 0.1) is 16.1 Å². The van der Waals surface area contributed by atoms with Gasteiger partial charge in [-0.15, -0.1) is 0 Å². The molecule has 7 heteroatoms. The Morgan fingerprint density at radius 1 is 1.08 bits per heavy atom. The Morgan fingerprint density at radius 2 is 1.80 bits per heavy atom. The van der Waals surface area contributed by atoms with Gasteiger partial charge in [0.25, 0.3) is 15.9 Å². The molecule has 0 bridgehead atoms. The molecule has 2 aromatic rings. The maximum atomic E-state index is 12.6. The highest BCUT2D eigenvalue weighted by Crippen LogP contribution is 2.21. The SMILES string of the molecule is N#Cc1ccccc1NS(=O)(=O)c1cccc(C(=O)N2CCCC2)c1. The Morgan fingerprint density at radius 3 is 2.52 bits per heavy atom. The van der Waals surface area contributed by atoms with Crippen LogP contribution in [0.2, 0.25) is 0 Å². The molecule has 1 N–H and O–H groups in total. The van der Waals surface area contributed by atoms with E-state index < -0.39 is 10.0 Å². The van der Waals surface area contributed by atoms with E-state index in [-0.39, 0.29) is 22.1 Å². The van der Waals surface area contributed by atoms with Crippen LogP contribution in [0.4, 0.5) is 5.69 Å². The lowest BCUT2D eigenvalue weighted by Crippen LogP contribution is -2.27. The second-order valence-corrected chi connectivity index (χ2v) is 7.47. The van der Waals surface area contributed by atoms with Gasteiger partial charge in [-0.25, -0.2) is 8.42 Å². The number of anilines is 1. The molecule has 1 aliphatic rings. The van der Waals surface area contributed by atoms with E-state index in [0.29, 0.717) is 18.7 Å². The lowest BCUT2D eigenvalue weighted by molar-refractivity contribution is 0.0792. The number of benzene rings is 2. The van der Waals surface area contributed by atoms with E-state index in [9.17, 15) is 13.2 Å². The molecule has 0 saturated carbocycles. The van der Waals surface area contributed by atoms with Crippen LogP contribution in [0.5, 0.6) is 0 Å². The second-order valence-electron chi connectivity index (χ2n) is 5.79. The van der Waals surface area contributed by atoms with Crippen LogP contribution in [0.3, 0.4) is 0 Å². The molecule has 2 aromatic carbocycles. The summed E-state index contributed by atoms with van der Waals surface area (Å²) < 4.78 is 27.7. The van der Waals surface area contributed by atoms with Crippen LogP contribution < -0.4 is 4.72 Å². The molecule has 0 atom stereocenters. The molecule has 1 heterocycles. The van der Waals surface area contributed by atoms with Gasteiger partial charge in [0.2, 0.25) is 0 Å². The predicted octanol–water partition coefficient (Wildman–Crippen LogP) is 2.60. The number of nitrogens with one attached hydrogen (secondary N) is 1. The van der Waals surface area contributed by atoms with E-state index in [4.69, 9.17) is 5.26 Å². The summed E-state index contributed by atoms with van der Waals surface area (Å²) in [7, 11) is -3.90. The van der Waals surface area contributed by atoms with Crippen molar-refractivity contribution in [2.45, 2.75) is 17.7 Å². The summed E-state index contributed by atoms with van der Waals surface area (Å²) >= 11 is 0. The summed E-state index contributed by atoms with van der Waals surface area (Å²) in [6, 6.07) is 14.3. The lowest BCUT2D eigenvalue weighted by Gasteiger charge is -2.16. The minimum absolute atomic E-state index is 0.00899. The third-order valence-electron chi connectivity index (χ3n) is 4.08. The largest absolute Gasteiger partial charge is 0.339 e. The van der Waals surface area contributed by atoms with Crippen LogP contribution in [0.25, 0.3) is 0 Å². The first kappa shape index (κ1) is 17.0. The molecule has 0 radical (unpaired) electrons. The van der Waals surface area contributed by atoms with Crippen LogP contribution >= 0.6 is 0 Å². The van der Waals surface area contributed by atoms with Gasteiger partial charge in [0.15, 0.2) is 0 Å². The average Bonchev–Trinajstić information content (AvgIpc) is 3.16. The molecule has 1 amide bonds. The number of hydrogen-bond acceptors (Lipinski definition) is 4. The standard InChI is InChI=1S/C18H17N3O3S/c19-13-15-6-1-2-9-17(15)20-25(23,24)16-8-5-7-14(12-16)18(22)21-10-3-4-11-21/h1-2,5-9,12,20H,3-4,10-11H2. The fraction of sp³-hybridized carbons (Fsp3) is 0.222. The van der Waals surface area contributed by atoms with E-state index >= 15 is 0 Å². The molecule has 128 valence electrons. The minimum atomic E-state index is -3.90. The number of nitriles is 1. The molecule has 6 nitrogen and oxygen atoms in total. The van der Waals surface area contributed by atoms with E-state index in [1.165, 1.54) is 24.3 Å². The van der Waals surface area contributed by atoms with Gasteiger partial charge in [0, 0.05) is 18.7 Å². The first-order valence-electron chi connectivity index (χ1n) is 7.92. The van der Waals surface area contributed by atoms with Crippen LogP contribution in [0, 0.1) is 11.3 Å². The van der Waals surface area contributed by atoms with Crippen LogP contribution in [0.15, 0.2) is 53.4 Å². The summed E-state index contributed by atoms with van der Waals surface area (Å²) in [4.78, 5) is 14.2. The number of carbonyl (C=O) groups is 1. The summed E-state index contributed by atoms with van der Waals surface area (Å²) in [5.74, 6) is -0.160. The quantitative estimate of drug-likeness (QED) is 0.913. The Kier molecular flexibility index (Phi) is 4.72. The monoisotopic (exact) mass is 355 g/mol. The number of likely N-dealkylation sites (tertiary alicyclic amines) is 1. The molecule has 0 unspecified atom stereocenters. The number of nitrogens with zero attached hydrogens (tertiary/aromatic N) is 2. The zero-order valence-corrected chi connectivity index (χ0v) is 14.3. The number of sulfonamides is 1. The third-order valence-corrected chi connectivity index (χ3v) is 5.44. The van der Waals surface area contributed by atoms with Gasteiger partial charge in [-0.05, 0) is 43.2 Å². The highest BCUT2D eigenvalue weighted by molar-refractivity contribution is 7.92. The molecule has 1 saturated heterocycles. The van der Waals surface area contributed by atoms with Gasteiger partial charge in [0.1, 0.15) is 6.07 Å². The zero-order chi connectivity index (χ0) is 17.9. The number of carbonyl (C=O) groups excluding carboxylic acids is 1. The normalized spacial score (nSPS) is 14.1. The fourth-order valence-electron chi connectivity index (χ4n) is 2.77. The van der Waals surface area contributed by atoms with Crippen molar-refractivity contribution in [3.8, 4) is 6.07 Å². The topological polar surface area (TPSA) is 90.3 Å². The zero-order valence-electron chi connectivity index (χ0n) is 13.5. The van der Waals surface area contributed by atoms with Crippen molar-refractivity contribution in [2.75, 3.05) is 17.8 Å². The molecule has 0 aromatic heterocycles. The highest BCUT2D eigenvalue weighted by Gasteiger charge is 2.22. The second kappa shape index (κ2) is 6.95. The van der Waals surface area contributed by atoms with Crippen molar-refractivity contribution in [1.82, 2.24) is 4.90 Å². The maximum absolute atomic E-state index is 12.6. The molecule has 0 spiro atoms. The average molecular weight is 355 g/mol. The molecule has 25 heavy (non-hydrogen) atoms. The van der Waals surface area contributed by atoms with E-state index in [2.05, 4.69) is 4.72 Å². The van der Waals surface area contributed by atoms with Crippen LogP contribution in [-0.2, 0) is 10.0 Å². The summed E-state index contributed by atoms with van der Waals surface area (Å²) in [6.45, 7) is 1.40. The van der Waals surface area contributed by atoms with Gasteiger partial charge < -0.3 is 4.90 Å². The molecule has 1 aliphatic heterocycles. The molecule has 3 rings (SSSR count). The number of hydrogen-bond donors (Lipinski definition) is 1. The minimum Gasteiger partial charge on any atom is -0.339 e.